The molecule has 0 spiro atoms. The Balaban J connectivity index is 2.06. The Hall–Kier alpha value is -2.64. The number of hydrogen-bond donors (Lipinski definition) is 1. The van der Waals surface area contributed by atoms with Crippen LogP contribution in [-0.2, 0) is 17.9 Å². The minimum atomic E-state index is -1.02. The van der Waals surface area contributed by atoms with Crippen LogP contribution in [0.1, 0.15) is 5.82 Å². The third kappa shape index (κ3) is 3.18. The summed E-state index contributed by atoms with van der Waals surface area (Å²) in [5.74, 6) is 0.425. The average Bonchev–Trinajstić information content (AvgIpc) is 2.83. The molecule has 1 heterocycles. The fourth-order valence-corrected chi connectivity index (χ4v) is 1.46. The highest BCUT2D eigenvalue weighted by Crippen LogP contribution is 2.26. The minimum absolute atomic E-state index is 0.0562. The number of para-hydroxylation sites is 2. The zero-order chi connectivity index (χ0) is 13.7. The van der Waals surface area contributed by atoms with Gasteiger partial charge in [0.25, 0.3) is 0 Å². The lowest BCUT2D eigenvalue weighted by Gasteiger charge is -2.09. The topological polar surface area (TPSA) is 99.4 Å². The second-order valence-corrected chi connectivity index (χ2v) is 3.59. The predicted octanol–water partition coefficient (Wildman–Crippen LogP) is 0.345. The van der Waals surface area contributed by atoms with E-state index in [-0.39, 0.29) is 13.2 Å². The van der Waals surface area contributed by atoms with E-state index >= 15 is 0 Å². The van der Waals surface area contributed by atoms with E-state index in [1.165, 1.54) is 7.11 Å². The van der Waals surface area contributed by atoms with Crippen LogP contribution in [0.5, 0.6) is 11.5 Å². The van der Waals surface area contributed by atoms with Crippen molar-refractivity contribution in [2.45, 2.75) is 13.2 Å². The van der Waals surface area contributed by atoms with Crippen LogP contribution in [-0.4, -0.2) is 38.4 Å². The first-order chi connectivity index (χ1) is 9.20. The van der Waals surface area contributed by atoms with Crippen molar-refractivity contribution in [2.75, 3.05) is 7.11 Å². The highest BCUT2D eigenvalue weighted by Gasteiger charge is 2.11. The maximum absolute atomic E-state index is 10.6. The van der Waals surface area contributed by atoms with Gasteiger partial charge in [-0.3, -0.25) is 4.79 Å². The van der Waals surface area contributed by atoms with Gasteiger partial charge in [-0.15, -0.1) is 5.10 Å². The van der Waals surface area contributed by atoms with Gasteiger partial charge < -0.3 is 14.6 Å². The van der Waals surface area contributed by atoms with E-state index in [0.717, 1.165) is 4.68 Å². The number of benzene rings is 1. The number of carbonyl (C=O) groups is 1. The van der Waals surface area contributed by atoms with E-state index in [4.69, 9.17) is 14.6 Å². The van der Waals surface area contributed by atoms with E-state index in [9.17, 15) is 4.79 Å². The van der Waals surface area contributed by atoms with Gasteiger partial charge in [-0.1, -0.05) is 12.1 Å². The number of methoxy groups -OCH3 is 1. The van der Waals surface area contributed by atoms with Gasteiger partial charge in [-0.25, -0.2) is 4.68 Å². The number of aliphatic carboxylic acids is 1. The molecule has 0 fully saturated rings. The second-order valence-electron chi connectivity index (χ2n) is 3.59. The zero-order valence-corrected chi connectivity index (χ0v) is 10.2. The Morgan fingerprint density at radius 2 is 2.11 bits per heavy atom. The first-order valence-corrected chi connectivity index (χ1v) is 5.43. The molecule has 0 bridgehead atoms. The van der Waals surface area contributed by atoms with Crippen molar-refractivity contribution in [1.29, 1.82) is 0 Å². The number of carboxylic acid groups (broad SMARTS) is 1. The Bertz CT molecular complexity index is 569. The standard InChI is InChI=1S/C11H12N4O4/c1-18-8-4-2-3-5-9(8)19-7-10-12-13-14-15(10)6-11(16)17/h2-5H,6-7H2,1H3,(H,16,17). The summed E-state index contributed by atoms with van der Waals surface area (Å²) in [7, 11) is 1.54. The van der Waals surface area contributed by atoms with Crippen LogP contribution in [0.15, 0.2) is 24.3 Å². The first-order valence-electron chi connectivity index (χ1n) is 5.43. The molecule has 0 aliphatic rings. The summed E-state index contributed by atoms with van der Waals surface area (Å²) in [5.41, 5.74) is 0. The molecule has 19 heavy (non-hydrogen) atoms. The number of rotatable bonds is 6. The van der Waals surface area contributed by atoms with Gasteiger partial charge in [0.2, 0.25) is 0 Å². The Labute approximate surface area is 108 Å². The Morgan fingerprint density at radius 3 is 2.79 bits per heavy atom. The molecule has 8 nitrogen and oxygen atoms in total. The molecule has 0 aliphatic heterocycles. The molecular formula is C11H12N4O4. The van der Waals surface area contributed by atoms with E-state index in [2.05, 4.69) is 15.5 Å². The van der Waals surface area contributed by atoms with Crippen molar-refractivity contribution in [3.05, 3.63) is 30.1 Å². The summed E-state index contributed by atoms with van der Waals surface area (Å²) in [6.45, 7) is -0.252. The summed E-state index contributed by atoms with van der Waals surface area (Å²) < 4.78 is 11.8. The summed E-state index contributed by atoms with van der Waals surface area (Å²) in [6, 6.07) is 7.12. The average molecular weight is 264 g/mol. The zero-order valence-electron chi connectivity index (χ0n) is 10.2. The van der Waals surface area contributed by atoms with Crippen LogP contribution in [0.3, 0.4) is 0 Å². The van der Waals surface area contributed by atoms with Crippen molar-refractivity contribution in [2.24, 2.45) is 0 Å². The molecule has 0 saturated carbocycles. The molecule has 1 aromatic carbocycles. The maximum Gasteiger partial charge on any atom is 0.325 e. The SMILES string of the molecule is COc1ccccc1OCc1nnnn1CC(=O)O. The van der Waals surface area contributed by atoms with Crippen LogP contribution in [0.25, 0.3) is 0 Å². The van der Waals surface area contributed by atoms with Crippen LogP contribution in [0.2, 0.25) is 0 Å². The van der Waals surface area contributed by atoms with Crippen LogP contribution < -0.4 is 9.47 Å². The van der Waals surface area contributed by atoms with Gasteiger partial charge in [0, 0.05) is 0 Å². The van der Waals surface area contributed by atoms with Crippen LogP contribution in [0, 0.1) is 0 Å². The number of carboxylic acids is 1. The number of tetrazole rings is 1. The third-order valence-corrected chi connectivity index (χ3v) is 2.32. The van der Waals surface area contributed by atoms with Gasteiger partial charge in [-0.2, -0.15) is 0 Å². The van der Waals surface area contributed by atoms with E-state index < -0.39 is 5.97 Å². The Kier molecular flexibility index (Phi) is 3.91. The van der Waals surface area contributed by atoms with Crippen molar-refractivity contribution < 1.29 is 19.4 Å². The molecule has 100 valence electrons. The van der Waals surface area contributed by atoms with Crippen molar-refractivity contribution in [1.82, 2.24) is 20.2 Å². The molecule has 0 unspecified atom stereocenters. The molecule has 1 aromatic heterocycles. The van der Waals surface area contributed by atoms with Gasteiger partial charge in [0.1, 0.15) is 13.2 Å². The molecule has 0 amide bonds. The molecular weight excluding hydrogens is 252 g/mol. The van der Waals surface area contributed by atoms with Gasteiger partial charge >= 0.3 is 5.97 Å². The normalized spacial score (nSPS) is 10.2. The van der Waals surface area contributed by atoms with Crippen molar-refractivity contribution in [3.63, 3.8) is 0 Å². The lowest BCUT2D eigenvalue weighted by molar-refractivity contribution is -0.138. The third-order valence-electron chi connectivity index (χ3n) is 2.32. The number of hydrogen-bond acceptors (Lipinski definition) is 6. The summed E-state index contributed by atoms with van der Waals surface area (Å²) >= 11 is 0. The largest absolute Gasteiger partial charge is 0.493 e. The summed E-state index contributed by atoms with van der Waals surface area (Å²) in [6.07, 6.45) is 0. The van der Waals surface area contributed by atoms with Gasteiger partial charge in [0.05, 0.1) is 7.11 Å². The highest BCUT2D eigenvalue weighted by molar-refractivity contribution is 5.66. The highest BCUT2D eigenvalue weighted by atomic mass is 16.5. The molecule has 0 radical (unpaired) electrons. The first kappa shape index (κ1) is 12.8. The summed E-state index contributed by atoms with van der Waals surface area (Å²) in [5, 5.41) is 19.4. The van der Waals surface area contributed by atoms with Gasteiger partial charge in [0.15, 0.2) is 17.3 Å². The van der Waals surface area contributed by atoms with E-state index in [1.807, 2.05) is 6.07 Å². The number of aromatic nitrogens is 4. The number of nitrogens with zero attached hydrogens (tertiary/aromatic N) is 4. The fourth-order valence-electron chi connectivity index (χ4n) is 1.46. The van der Waals surface area contributed by atoms with E-state index in [0.29, 0.717) is 17.3 Å². The summed E-state index contributed by atoms with van der Waals surface area (Å²) in [4.78, 5) is 10.6. The molecule has 0 atom stereocenters. The molecule has 0 aliphatic carbocycles. The number of ether oxygens (including phenoxy) is 2. The van der Waals surface area contributed by atoms with Crippen LogP contribution in [0.4, 0.5) is 0 Å². The minimum Gasteiger partial charge on any atom is -0.493 e. The quantitative estimate of drug-likeness (QED) is 0.803. The lowest BCUT2D eigenvalue weighted by Crippen LogP contribution is -2.15. The van der Waals surface area contributed by atoms with Crippen LogP contribution >= 0.6 is 0 Å². The lowest BCUT2D eigenvalue weighted by atomic mass is 10.3. The predicted molar refractivity (Wildman–Crippen MR) is 62.8 cm³/mol. The second kappa shape index (κ2) is 5.80. The smallest absolute Gasteiger partial charge is 0.325 e. The fraction of sp³-hybridized carbons (Fsp3) is 0.273. The molecule has 2 rings (SSSR count). The molecule has 2 aromatic rings. The van der Waals surface area contributed by atoms with Gasteiger partial charge in [-0.05, 0) is 22.6 Å². The monoisotopic (exact) mass is 264 g/mol. The van der Waals surface area contributed by atoms with E-state index in [1.54, 1.807) is 18.2 Å². The molecule has 8 heteroatoms. The Morgan fingerprint density at radius 1 is 1.37 bits per heavy atom. The maximum atomic E-state index is 10.6. The molecule has 0 saturated heterocycles. The van der Waals surface area contributed by atoms with Crippen molar-refractivity contribution in [3.8, 4) is 11.5 Å². The van der Waals surface area contributed by atoms with Crippen molar-refractivity contribution >= 4 is 5.97 Å². The molecule has 1 N–H and O–H groups in total.